The van der Waals surface area contributed by atoms with Crippen LogP contribution in [0.2, 0.25) is 0 Å². The van der Waals surface area contributed by atoms with E-state index in [9.17, 15) is 14.9 Å². The number of carbonyl (C=O) groups excluding carboxylic acids is 1. The lowest BCUT2D eigenvalue weighted by molar-refractivity contribution is -0.385. The van der Waals surface area contributed by atoms with Gasteiger partial charge in [-0.1, -0.05) is 6.07 Å². The van der Waals surface area contributed by atoms with Crippen LogP contribution in [0.4, 0.5) is 11.5 Å². The second kappa shape index (κ2) is 9.52. The summed E-state index contributed by atoms with van der Waals surface area (Å²) in [5.41, 5.74) is 2.58. The Morgan fingerprint density at radius 1 is 1.03 bits per heavy atom. The number of rotatable bonds is 6. The molecule has 172 valence electrons. The number of nitro groups is 1. The van der Waals surface area contributed by atoms with Crippen LogP contribution in [0.25, 0.3) is 5.65 Å². The van der Waals surface area contributed by atoms with Crippen LogP contribution < -0.4 is 4.90 Å². The Morgan fingerprint density at radius 3 is 2.50 bits per heavy atom. The minimum Gasteiger partial charge on any atom is -0.353 e. The molecule has 0 spiro atoms. The second-order valence-electron chi connectivity index (χ2n) is 7.92. The molecule has 0 unspecified atom stereocenters. The molecule has 4 heterocycles. The van der Waals surface area contributed by atoms with E-state index in [2.05, 4.69) is 9.97 Å². The second-order valence-corrected chi connectivity index (χ2v) is 8.97. The highest BCUT2D eigenvalue weighted by Crippen LogP contribution is 2.24. The first kappa shape index (κ1) is 21.9. The van der Waals surface area contributed by atoms with E-state index in [0.29, 0.717) is 37.6 Å². The number of pyridine rings is 2. The van der Waals surface area contributed by atoms with Crippen LogP contribution in [0.1, 0.15) is 16.1 Å². The van der Waals surface area contributed by atoms with Gasteiger partial charge in [-0.05, 0) is 42.5 Å². The van der Waals surface area contributed by atoms with Crippen molar-refractivity contribution in [2.45, 2.75) is 10.6 Å². The summed E-state index contributed by atoms with van der Waals surface area (Å²) in [6.07, 6.45) is 5.28. The van der Waals surface area contributed by atoms with Crippen LogP contribution in [0, 0.1) is 10.1 Å². The average Bonchev–Trinajstić information content (AvgIpc) is 3.31. The molecule has 34 heavy (non-hydrogen) atoms. The maximum atomic E-state index is 12.9. The van der Waals surface area contributed by atoms with Gasteiger partial charge in [0.15, 0.2) is 0 Å². The van der Waals surface area contributed by atoms with Gasteiger partial charge in [-0.15, -0.1) is 11.8 Å². The van der Waals surface area contributed by atoms with Crippen molar-refractivity contribution in [3.8, 4) is 0 Å². The normalized spacial score (nSPS) is 13.9. The van der Waals surface area contributed by atoms with E-state index in [0.717, 1.165) is 22.0 Å². The molecular formula is C24H22N6O3S. The van der Waals surface area contributed by atoms with E-state index in [4.69, 9.17) is 0 Å². The number of aromatic nitrogens is 3. The summed E-state index contributed by atoms with van der Waals surface area (Å²) in [5.74, 6) is 1.45. The lowest BCUT2D eigenvalue weighted by Crippen LogP contribution is -2.49. The molecule has 1 aliphatic rings. The maximum absolute atomic E-state index is 12.9. The molecule has 9 nitrogen and oxygen atoms in total. The molecule has 0 N–H and O–H groups in total. The SMILES string of the molecule is O=C(c1ccc(SCc2cn3ccccc3n2)cc1)N1CCN(c2ccc([N+](=O)[O-])cn2)CC1. The number of carbonyl (C=O) groups is 1. The minimum absolute atomic E-state index is 0.00760. The quantitative estimate of drug-likeness (QED) is 0.238. The summed E-state index contributed by atoms with van der Waals surface area (Å²) in [6, 6.07) is 16.7. The van der Waals surface area contributed by atoms with Gasteiger partial charge in [0, 0.05) is 60.9 Å². The predicted octanol–water partition coefficient (Wildman–Crippen LogP) is 3.89. The van der Waals surface area contributed by atoms with Crippen molar-refractivity contribution in [1.82, 2.24) is 19.3 Å². The molecule has 4 aromatic rings. The van der Waals surface area contributed by atoms with Crippen molar-refractivity contribution in [2.75, 3.05) is 31.1 Å². The van der Waals surface area contributed by atoms with Crippen LogP contribution in [-0.2, 0) is 5.75 Å². The number of imidazole rings is 1. The van der Waals surface area contributed by atoms with Crippen LogP contribution in [-0.4, -0.2) is 56.3 Å². The lowest BCUT2D eigenvalue weighted by Gasteiger charge is -2.35. The zero-order chi connectivity index (χ0) is 23.5. The highest BCUT2D eigenvalue weighted by molar-refractivity contribution is 7.98. The highest BCUT2D eigenvalue weighted by atomic mass is 32.2. The first-order chi connectivity index (χ1) is 16.6. The molecule has 1 saturated heterocycles. The van der Waals surface area contributed by atoms with Crippen molar-refractivity contribution in [3.63, 3.8) is 0 Å². The number of hydrogen-bond acceptors (Lipinski definition) is 7. The van der Waals surface area contributed by atoms with Gasteiger partial charge in [-0.2, -0.15) is 0 Å². The van der Waals surface area contributed by atoms with Gasteiger partial charge in [0.1, 0.15) is 17.7 Å². The van der Waals surface area contributed by atoms with Gasteiger partial charge in [0.05, 0.1) is 10.6 Å². The zero-order valence-electron chi connectivity index (χ0n) is 18.3. The van der Waals surface area contributed by atoms with E-state index >= 15 is 0 Å². The molecule has 5 rings (SSSR count). The summed E-state index contributed by atoms with van der Waals surface area (Å²) in [6.45, 7) is 2.40. The van der Waals surface area contributed by atoms with Crippen LogP contribution in [0.5, 0.6) is 0 Å². The maximum Gasteiger partial charge on any atom is 0.287 e. The molecule has 0 bridgehead atoms. The summed E-state index contributed by atoms with van der Waals surface area (Å²) in [7, 11) is 0. The molecule has 0 aliphatic carbocycles. The average molecular weight is 475 g/mol. The number of piperazine rings is 1. The number of thioether (sulfide) groups is 1. The van der Waals surface area contributed by atoms with Crippen molar-refractivity contribution in [1.29, 1.82) is 0 Å². The van der Waals surface area contributed by atoms with Crippen molar-refractivity contribution in [2.24, 2.45) is 0 Å². The molecule has 0 atom stereocenters. The fourth-order valence-corrected chi connectivity index (χ4v) is 4.68. The number of hydrogen-bond donors (Lipinski definition) is 0. The fourth-order valence-electron chi connectivity index (χ4n) is 3.90. The third-order valence-corrected chi connectivity index (χ3v) is 6.78. The predicted molar refractivity (Wildman–Crippen MR) is 130 cm³/mol. The monoisotopic (exact) mass is 474 g/mol. The first-order valence-corrected chi connectivity index (χ1v) is 11.9. The van der Waals surface area contributed by atoms with Crippen molar-refractivity contribution in [3.05, 3.63) is 94.6 Å². The van der Waals surface area contributed by atoms with Crippen molar-refractivity contribution < 1.29 is 9.72 Å². The Labute approximate surface area is 200 Å². The van der Waals surface area contributed by atoms with Crippen LogP contribution in [0.15, 0.2) is 78.1 Å². The standard InChI is InChI=1S/C24H22N6O3S/c31-24(28-13-11-27(12-14-28)22-9-6-20(15-25-22)30(32)33)18-4-7-21(8-5-18)34-17-19-16-29-10-2-1-3-23(29)26-19/h1-10,15-16H,11-14,17H2. The third kappa shape index (κ3) is 4.72. The Morgan fingerprint density at radius 2 is 1.82 bits per heavy atom. The molecule has 1 fully saturated rings. The largest absolute Gasteiger partial charge is 0.353 e. The summed E-state index contributed by atoms with van der Waals surface area (Å²) >= 11 is 1.69. The molecule has 1 aromatic carbocycles. The molecular weight excluding hydrogens is 452 g/mol. The lowest BCUT2D eigenvalue weighted by atomic mass is 10.2. The van der Waals surface area contributed by atoms with E-state index in [1.54, 1.807) is 17.8 Å². The highest BCUT2D eigenvalue weighted by Gasteiger charge is 2.23. The number of anilines is 1. The van der Waals surface area contributed by atoms with E-state index < -0.39 is 4.92 Å². The number of fused-ring (bicyclic) bond motifs is 1. The minimum atomic E-state index is -0.462. The Hall–Kier alpha value is -3.92. The van der Waals surface area contributed by atoms with E-state index in [1.807, 2.05) is 69.1 Å². The molecule has 0 radical (unpaired) electrons. The molecule has 0 saturated carbocycles. The number of amides is 1. The number of nitrogens with zero attached hydrogens (tertiary/aromatic N) is 6. The smallest absolute Gasteiger partial charge is 0.287 e. The number of benzene rings is 1. The Bertz CT molecular complexity index is 1280. The van der Waals surface area contributed by atoms with Gasteiger partial charge >= 0.3 is 0 Å². The van der Waals surface area contributed by atoms with Gasteiger partial charge in [0.25, 0.3) is 11.6 Å². The third-order valence-electron chi connectivity index (χ3n) is 5.74. The summed E-state index contributed by atoms with van der Waals surface area (Å²) in [4.78, 5) is 37.0. The van der Waals surface area contributed by atoms with Gasteiger partial charge in [-0.3, -0.25) is 14.9 Å². The van der Waals surface area contributed by atoms with E-state index in [-0.39, 0.29) is 11.6 Å². The topological polar surface area (TPSA) is 96.9 Å². The summed E-state index contributed by atoms with van der Waals surface area (Å²) < 4.78 is 2.01. The van der Waals surface area contributed by atoms with Gasteiger partial charge in [-0.25, -0.2) is 9.97 Å². The zero-order valence-corrected chi connectivity index (χ0v) is 19.1. The van der Waals surface area contributed by atoms with Crippen molar-refractivity contribution >= 4 is 34.8 Å². The van der Waals surface area contributed by atoms with Crippen LogP contribution in [0.3, 0.4) is 0 Å². The van der Waals surface area contributed by atoms with Gasteiger partial charge in [0.2, 0.25) is 0 Å². The summed E-state index contributed by atoms with van der Waals surface area (Å²) in [5, 5.41) is 10.8. The molecule has 10 heteroatoms. The molecule has 1 amide bonds. The van der Waals surface area contributed by atoms with Gasteiger partial charge < -0.3 is 14.2 Å². The van der Waals surface area contributed by atoms with E-state index in [1.165, 1.54) is 12.3 Å². The molecule has 1 aliphatic heterocycles. The molecule has 3 aromatic heterocycles. The fraction of sp³-hybridized carbons (Fsp3) is 0.208. The Kier molecular flexibility index (Phi) is 6.13. The first-order valence-electron chi connectivity index (χ1n) is 10.9. The Balaban J connectivity index is 1.15. The van der Waals surface area contributed by atoms with Crippen LogP contribution >= 0.6 is 11.8 Å².